The number of nitrogens with one attached hydrogen (secondary N) is 1. The van der Waals surface area contributed by atoms with Crippen LogP contribution in [0.5, 0.6) is 5.75 Å². The first-order valence-electron chi connectivity index (χ1n) is 8.89. The van der Waals surface area contributed by atoms with Crippen molar-refractivity contribution in [1.29, 1.82) is 0 Å². The number of carbonyl (C=O) groups excluding carboxylic acids is 1. The van der Waals surface area contributed by atoms with Crippen LogP contribution in [-0.2, 0) is 0 Å². The van der Waals surface area contributed by atoms with E-state index in [-0.39, 0.29) is 11.1 Å². The maximum atomic E-state index is 11.9. The molecule has 1 aromatic heterocycles. The lowest BCUT2D eigenvalue weighted by Gasteiger charge is -2.13. The second-order valence-corrected chi connectivity index (χ2v) is 6.97. The third-order valence-corrected chi connectivity index (χ3v) is 5.08. The summed E-state index contributed by atoms with van der Waals surface area (Å²) in [6, 6.07) is 14.9. The normalized spacial score (nSPS) is 10.9. The van der Waals surface area contributed by atoms with Crippen molar-refractivity contribution in [2.45, 2.75) is 0 Å². The number of nitrogens with two attached hydrogens (primary N) is 1. The van der Waals surface area contributed by atoms with Gasteiger partial charge in [-0.25, -0.2) is 9.78 Å². The maximum absolute atomic E-state index is 11.9. The predicted octanol–water partition coefficient (Wildman–Crippen LogP) is 4.36. The van der Waals surface area contributed by atoms with Crippen LogP contribution < -0.4 is 10.5 Å². The van der Waals surface area contributed by atoms with Crippen LogP contribution >= 0.6 is 11.6 Å². The second kappa shape index (κ2) is 7.53. The van der Waals surface area contributed by atoms with E-state index in [0.717, 1.165) is 5.52 Å². The zero-order chi connectivity index (χ0) is 21.4. The predicted molar refractivity (Wildman–Crippen MR) is 114 cm³/mol. The van der Waals surface area contributed by atoms with E-state index in [9.17, 15) is 14.7 Å². The van der Waals surface area contributed by atoms with Crippen LogP contribution in [0.3, 0.4) is 0 Å². The van der Waals surface area contributed by atoms with Gasteiger partial charge in [0.05, 0.1) is 23.7 Å². The van der Waals surface area contributed by atoms with Gasteiger partial charge in [0, 0.05) is 27.8 Å². The molecule has 8 heteroatoms. The van der Waals surface area contributed by atoms with Crippen molar-refractivity contribution in [3.8, 4) is 28.3 Å². The molecule has 30 heavy (non-hydrogen) atoms. The largest absolute Gasteiger partial charge is 0.497 e. The molecule has 0 fully saturated rings. The SMILES string of the molecule is COc1ccc2[nH]c(-c3cccc(Cl)c3-c3ccc(C(N)=O)cc3C(=O)O)nc2c1. The minimum absolute atomic E-state index is 0.0848. The summed E-state index contributed by atoms with van der Waals surface area (Å²) in [5.41, 5.74) is 8.26. The molecular weight excluding hydrogens is 406 g/mol. The molecule has 1 heterocycles. The minimum Gasteiger partial charge on any atom is -0.497 e. The number of fused-ring (bicyclic) bond motifs is 1. The van der Waals surface area contributed by atoms with Crippen molar-refractivity contribution >= 4 is 34.5 Å². The van der Waals surface area contributed by atoms with Crippen molar-refractivity contribution in [3.63, 3.8) is 0 Å². The van der Waals surface area contributed by atoms with Crippen LogP contribution in [0, 0.1) is 0 Å². The molecule has 0 aliphatic rings. The van der Waals surface area contributed by atoms with Gasteiger partial charge in [-0.3, -0.25) is 4.79 Å². The van der Waals surface area contributed by atoms with E-state index < -0.39 is 11.9 Å². The number of aromatic nitrogens is 2. The smallest absolute Gasteiger partial charge is 0.336 e. The molecule has 0 atom stereocenters. The number of carboxylic acid groups (broad SMARTS) is 1. The van der Waals surface area contributed by atoms with Gasteiger partial charge in [0.15, 0.2) is 0 Å². The van der Waals surface area contributed by atoms with Crippen LogP contribution in [0.25, 0.3) is 33.5 Å². The zero-order valence-electron chi connectivity index (χ0n) is 15.8. The molecule has 0 radical (unpaired) electrons. The summed E-state index contributed by atoms with van der Waals surface area (Å²) >= 11 is 6.49. The Balaban J connectivity index is 1.96. The van der Waals surface area contributed by atoms with E-state index >= 15 is 0 Å². The summed E-state index contributed by atoms with van der Waals surface area (Å²) < 4.78 is 5.24. The van der Waals surface area contributed by atoms with E-state index in [4.69, 9.17) is 22.1 Å². The molecule has 0 saturated carbocycles. The number of primary amides is 1. The van der Waals surface area contributed by atoms with E-state index in [1.165, 1.54) is 18.2 Å². The fourth-order valence-electron chi connectivity index (χ4n) is 3.33. The number of carboxylic acids is 1. The van der Waals surface area contributed by atoms with Crippen molar-refractivity contribution in [3.05, 3.63) is 70.7 Å². The average Bonchev–Trinajstić information content (AvgIpc) is 3.16. The van der Waals surface area contributed by atoms with Crippen molar-refractivity contribution in [2.24, 2.45) is 5.73 Å². The number of amides is 1. The molecule has 150 valence electrons. The minimum atomic E-state index is -1.20. The number of rotatable bonds is 5. The van der Waals surface area contributed by atoms with E-state index in [2.05, 4.69) is 9.97 Å². The molecule has 0 spiro atoms. The third kappa shape index (κ3) is 3.35. The quantitative estimate of drug-likeness (QED) is 0.442. The number of methoxy groups -OCH3 is 1. The average molecular weight is 422 g/mol. The lowest BCUT2D eigenvalue weighted by Crippen LogP contribution is -2.12. The number of nitrogens with zero attached hydrogens (tertiary/aromatic N) is 1. The Bertz CT molecular complexity index is 1310. The number of H-pyrrole nitrogens is 1. The highest BCUT2D eigenvalue weighted by Crippen LogP contribution is 2.39. The first-order chi connectivity index (χ1) is 14.4. The third-order valence-electron chi connectivity index (χ3n) is 4.76. The van der Waals surface area contributed by atoms with E-state index in [0.29, 0.717) is 38.8 Å². The molecule has 0 aliphatic carbocycles. The Morgan fingerprint density at radius 1 is 1.10 bits per heavy atom. The summed E-state index contributed by atoms with van der Waals surface area (Å²) in [7, 11) is 1.58. The van der Waals surface area contributed by atoms with Gasteiger partial charge < -0.3 is 20.6 Å². The van der Waals surface area contributed by atoms with Gasteiger partial charge in [0.2, 0.25) is 5.91 Å². The highest BCUT2D eigenvalue weighted by atomic mass is 35.5. The molecule has 4 rings (SSSR count). The Morgan fingerprint density at radius 2 is 1.90 bits per heavy atom. The number of hydrogen-bond acceptors (Lipinski definition) is 4. The zero-order valence-corrected chi connectivity index (χ0v) is 16.5. The number of ether oxygens (including phenoxy) is 1. The van der Waals surface area contributed by atoms with Crippen LogP contribution in [0.15, 0.2) is 54.6 Å². The first kappa shape index (κ1) is 19.5. The Kier molecular flexibility index (Phi) is 4.89. The maximum Gasteiger partial charge on any atom is 0.336 e. The van der Waals surface area contributed by atoms with Crippen LogP contribution in [0.4, 0.5) is 0 Å². The number of halogens is 1. The van der Waals surface area contributed by atoms with E-state index in [1.807, 2.05) is 12.1 Å². The molecule has 0 saturated heterocycles. The molecule has 7 nitrogen and oxygen atoms in total. The molecule has 0 bridgehead atoms. The number of hydrogen-bond donors (Lipinski definition) is 3. The lowest BCUT2D eigenvalue weighted by atomic mass is 9.93. The van der Waals surface area contributed by atoms with Crippen LogP contribution in [0.1, 0.15) is 20.7 Å². The van der Waals surface area contributed by atoms with Gasteiger partial charge in [-0.05, 0) is 35.9 Å². The van der Waals surface area contributed by atoms with Gasteiger partial charge in [-0.15, -0.1) is 0 Å². The number of imidazole rings is 1. The van der Waals surface area contributed by atoms with Gasteiger partial charge in [0.25, 0.3) is 0 Å². The monoisotopic (exact) mass is 421 g/mol. The first-order valence-corrected chi connectivity index (χ1v) is 9.27. The molecule has 1 amide bonds. The van der Waals surface area contributed by atoms with Crippen LogP contribution in [0.2, 0.25) is 5.02 Å². The fraction of sp³-hybridized carbons (Fsp3) is 0.0455. The highest BCUT2D eigenvalue weighted by Gasteiger charge is 2.21. The summed E-state index contributed by atoms with van der Waals surface area (Å²) in [5, 5.41) is 10.1. The number of benzene rings is 3. The number of aromatic amines is 1. The van der Waals surface area contributed by atoms with E-state index in [1.54, 1.807) is 31.4 Å². The molecule has 4 aromatic rings. The summed E-state index contributed by atoms with van der Waals surface area (Å²) in [6.45, 7) is 0. The fourth-order valence-corrected chi connectivity index (χ4v) is 3.60. The van der Waals surface area contributed by atoms with Gasteiger partial charge in [-0.2, -0.15) is 0 Å². The Morgan fingerprint density at radius 3 is 2.60 bits per heavy atom. The molecule has 3 aromatic carbocycles. The number of aromatic carboxylic acids is 1. The summed E-state index contributed by atoms with van der Waals surface area (Å²) in [6.07, 6.45) is 0. The Hall–Kier alpha value is -3.84. The lowest BCUT2D eigenvalue weighted by molar-refractivity contribution is 0.0697. The molecule has 4 N–H and O–H groups in total. The van der Waals surface area contributed by atoms with Crippen molar-refractivity contribution < 1.29 is 19.4 Å². The standard InChI is InChI=1S/C22H16ClN3O4/c1-30-12-6-8-17-18(10-12)26-21(25-17)14-3-2-4-16(23)19(14)13-7-5-11(20(24)27)9-15(13)22(28)29/h2-10H,1H3,(H2,24,27)(H,25,26)(H,28,29). The summed E-state index contributed by atoms with van der Waals surface area (Å²) in [5.74, 6) is -0.726. The van der Waals surface area contributed by atoms with Crippen molar-refractivity contribution in [2.75, 3.05) is 7.11 Å². The number of carbonyl (C=O) groups is 2. The topological polar surface area (TPSA) is 118 Å². The molecule has 0 unspecified atom stereocenters. The second-order valence-electron chi connectivity index (χ2n) is 6.56. The van der Waals surface area contributed by atoms with Gasteiger partial charge >= 0.3 is 5.97 Å². The Labute approximate surface area is 176 Å². The van der Waals surface area contributed by atoms with Gasteiger partial charge in [-0.1, -0.05) is 29.8 Å². The summed E-state index contributed by atoms with van der Waals surface area (Å²) in [4.78, 5) is 31.3. The molecule has 0 aliphatic heterocycles. The van der Waals surface area contributed by atoms with Crippen molar-refractivity contribution in [1.82, 2.24) is 9.97 Å². The highest BCUT2D eigenvalue weighted by molar-refractivity contribution is 6.34. The van der Waals surface area contributed by atoms with Gasteiger partial charge in [0.1, 0.15) is 11.6 Å². The molecular formula is C22H16ClN3O4. The van der Waals surface area contributed by atoms with Crippen LogP contribution in [-0.4, -0.2) is 34.1 Å².